The van der Waals surface area contributed by atoms with E-state index in [1.54, 1.807) is 0 Å². The molecule has 0 atom stereocenters. The van der Waals surface area contributed by atoms with Crippen LogP contribution < -0.4 is 4.74 Å². The third-order valence-corrected chi connectivity index (χ3v) is 4.76. The highest BCUT2D eigenvalue weighted by Gasteiger charge is 2.37. The normalized spacial score (nSPS) is 25.4. The van der Waals surface area contributed by atoms with Crippen LogP contribution in [0.5, 0.6) is 5.75 Å². The lowest BCUT2D eigenvalue weighted by Gasteiger charge is -2.34. The van der Waals surface area contributed by atoms with Crippen LogP contribution in [0.4, 0.5) is 0 Å². The van der Waals surface area contributed by atoms with E-state index in [0.29, 0.717) is 32.3 Å². The van der Waals surface area contributed by atoms with Crippen molar-refractivity contribution in [3.63, 3.8) is 0 Å². The van der Waals surface area contributed by atoms with E-state index in [2.05, 4.69) is 22.6 Å². The van der Waals surface area contributed by atoms with Crippen LogP contribution in [0.2, 0.25) is 0 Å². The van der Waals surface area contributed by atoms with Gasteiger partial charge in [-0.1, -0.05) is 12.1 Å². The summed E-state index contributed by atoms with van der Waals surface area (Å²) in [4.78, 5) is 11.7. The van der Waals surface area contributed by atoms with Crippen LogP contribution in [0, 0.1) is 9.49 Å². The fraction of sp³-hybridized carbons (Fsp3) is 0.562. The molecule has 0 heterocycles. The van der Waals surface area contributed by atoms with Crippen LogP contribution in [-0.2, 0) is 9.53 Å². The molecule has 1 fully saturated rings. The molecule has 0 bridgehead atoms. The Labute approximate surface area is 139 Å². The topological polar surface area (TPSA) is 55.8 Å². The van der Waals surface area contributed by atoms with Crippen LogP contribution in [0.25, 0.3) is 0 Å². The zero-order chi connectivity index (χ0) is 15.3. The molecule has 1 aliphatic carbocycles. The zero-order valence-electron chi connectivity index (χ0n) is 12.2. The lowest BCUT2D eigenvalue weighted by Crippen LogP contribution is -2.41. The maximum absolute atomic E-state index is 11.7. The van der Waals surface area contributed by atoms with E-state index < -0.39 is 5.60 Å². The second kappa shape index (κ2) is 7.45. The van der Waals surface area contributed by atoms with Crippen LogP contribution in [-0.4, -0.2) is 29.9 Å². The fourth-order valence-corrected chi connectivity index (χ4v) is 3.11. The molecule has 0 aromatic heterocycles. The first-order valence-electron chi connectivity index (χ1n) is 7.30. The first-order valence-corrected chi connectivity index (χ1v) is 8.38. The highest BCUT2D eigenvalue weighted by Crippen LogP contribution is 2.33. The lowest BCUT2D eigenvalue weighted by atomic mass is 9.79. The van der Waals surface area contributed by atoms with Gasteiger partial charge in [-0.2, -0.15) is 0 Å². The minimum atomic E-state index is -0.845. The molecule has 1 N–H and O–H groups in total. The summed E-state index contributed by atoms with van der Waals surface area (Å²) in [5.41, 5.74) is -0.845. The first-order chi connectivity index (χ1) is 10.0. The zero-order valence-corrected chi connectivity index (χ0v) is 14.3. The van der Waals surface area contributed by atoms with Gasteiger partial charge in [-0.05, 0) is 67.3 Å². The molecule has 2 rings (SSSR count). The third-order valence-electron chi connectivity index (χ3n) is 3.87. The molecule has 116 valence electrons. The summed E-state index contributed by atoms with van der Waals surface area (Å²) >= 11 is 2.21. The summed E-state index contributed by atoms with van der Waals surface area (Å²) in [5.74, 6) is 0.569. The lowest BCUT2D eigenvalue weighted by molar-refractivity contribution is -0.151. The third kappa shape index (κ3) is 4.57. The van der Waals surface area contributed by atoms with Crippen molar-refractivity contribution in [2.75, 3.05) is 13.2 Å². The Bertz CT molecular complexity index is 481. The van der Waals surface area contributed by atoms with Crippen LogP contribution in [0.1, 0.15) is 32.6 Å². The van der Waals surface area contributed by atoms with Crippen molar-refractivity contribution >= 4 is 28.6 Å². The van der Waals surface area contributed by atoms with E-state index in [0.717, 1.165) is 9.32 Å². The van der Waals surface area contributed by atoms with Gasteiger partial charge in [-0.25, -0.2) is 0 Å². The smallest absolute Gasteiger partial charge is 0.308 e. The number of rotatable bonds is 5. The van der Waals surface area contributed by atoms with Gasteiger partial charge in [-0.3, -0.25) is 4.79 Å². The first kappa shape index (κ1) is 16.5. The molecule has 1 aromatic carbocycles. The molecule has 0 amide bonds. The summed E-state index contributed by atoms with van der Waals surface area (Å²) in [6.45, 7) is 2.49. The predicted molar refractivity (Wildman–Crippen MR) is 88.2 cm³/mol. The highest BCUT2D eigenvalue weighted by molar-refractivity contribution is 14.1. The van der Waals surface area contributed by atoms with Crippen LogP contribution >= 0.6 is 22.6 Å². The molecule has 1 saturated carbocycles. The number of halogens is 1. The van der Waals surface area contributed by atoms with E-state index in [4.69, 9.17) is 9.47 Å². The molecule has 5 heteroatoms. The number of hydrogen-bond acceptors (Lipinski definition) is 4. The second-order valence-electron chi connectivity index (χ2n) is 5.47. The number of aliphatic hydroxyl groups is 1. The van der Waals surface area contributed by atoms with Crippen LogP contribution in [0.15, 0.2) is 24.3 Å². The van der Waals surface area contributed by atoms with Crippen LogP contribution in [0.3, 0.4) is 0 Å². The summed E-state index contributed by atoms with van der Waals surface area (Å²) in [5, 5.41) is 10.6. The van der Waals surface area contributed by atoms with Gasteiger partial charge in [0, 0.05) is 0 Å². The Hall–Kier alpha value is -0.820. The summed E-state index contributed by atoms with van der Waals surface area (Å²) < 4.78 is 11.8. The number of hydrogen-bond donors (Lipinski definition) is 1. The second-order valence-corrected chi connectivity index (χ2v) is 6.63. The Balaban J connectivity index is 1.85. The van der Waals surface area contributed by atoms with E-state index in [1.807, 2.05) is 31.2 Å². The molecule has 0 saturated heterocycles. The summed E-state index contributed by atoms with van der Waals surface area (Å²) in [7, 11) is 0. The number of ether oxygens (including phenoxy) is 2. The van der Waals surface area contributed by atoms with Crippen molar-refractivity contribution in [1.82, 2.24) is 0 Å². The number of para-hydroxylation sites is 1. The van der Waals surface area contributed by atoms with Crippen molar-refractivity contribution in [2.45, 2.75) is 38.2 Å². The van der Waals surface area contributed by atoms with Gasteiger partial charge in [0.1, 0.15) is 12.4 Å². The number of carbonyl (C=O) groups excluding carboxylic acids is 1. The van der Waals surface area contributed by atoms with Gasteiger partial charge in [-0.15, -0.1) is 0 Å². The minimum Gasteiger partial charge on any atom is -0.489 e. The van der Waals surface area contributed by atoms with E-state index in [9.17, 15) is 9.90 Å². The molecule has 1 aromatic rings. The maximum atomic E-state index is 11.7. The molecule has 0 radical (unpaired) electrons. The summed E-state index contributed by atoms with van der Waals surface area (Å²) in [6.07, 6.45) is 2.45. The molecule has 21 heavy (non-hydrogen) atoms. The number of carbonyl (C=O) groups is 1. The molecular formula is C16H21IO4. The quantitative estimate of drug-likeness (QED) is 0.605. The molecule has 1 aliphatic rings. The Morgan fingerprint density at radius 1 is 1.38 bits per heavy atom. The van der Waals surface area contributed by atoms with E-state index >= 15 is 0 Å². The fourth-order valence-electron chi connectivity index (χ4n) is 2.57. The minimum absolute atomic E-state index is 0.0814. The number of benzene rings is 1. The molecule has 4 nitrogen and oxygen atoms in total. The van der Waals surface area contributed by atoms with Crippen molar-refractivity contribution in [1.29, 1.82) is 0 Å². The SMILES string of the molecule is CCOC(=O)C1CCC(O)(COc2ccccc2I)CC1. The molecular weight excluding hydrogens is 383 g/mol. The van der Waals surface area contributed by atoms with E-state index in [1.165, 1.54) is 0 Å². The maximum Gasteiger partial charge on any atom is 0.308 e. The summed E-state index contributed by atoms with van der Waals surface area (Å²) in [6, 6.07) is 7.74. The Morgan fingerprint density at radius 2 is 2.05 bits per heavy atom. The Kier molecular flexibility index (Phi) is 5.87. The number of esters is 1. The largest absolute Gasteiger partial charge is 0.489 e. The Morgan fingerprint density at radius 3 is 2.67 bits per heavy atom. The van der Waals surface area contributed by atoms with Gasteiger partial charge < -0.3 is 14.6 Å². The van der Waals surface area contributed by atoms with Gasteiger partial charge in [0.15, 0.2) is 0 Å². The molecule has 0 unspecified atom stereocenters. The monoisotopic (exact) mass is 404 g/mol. The van der Waals surface area contributed by atoms with Crippen molar-refractivity contribution < 1.29 is 19.4 Å². The van der Waals surface area contributed by atoms with Crippen molar-refractivity contribution in [3.05, 3.63) is 27.8 Å². The van der Waals surface area contributed by atoms with Crippen molar-refractivity contribution in [3.8, 4) is 5.75 Å². The average molecular weight is 404 g/mol. The van der Waals surface area contributed by atoms with Gasteiger partial charge >= 0.3 is 5.97 Å². The average Bonchev–Trinajstić information content (AvgIpc) is 2.47. The van der Waals surface area contributed by atoms with Gasteiger partial charge in [0.25, 0.3) is 0 Å². The van der Waals surface area contributed by atoms with E-state index in [-0.39, 0.29) is 18.5 Å². The van der Waals surface area contributed by atoms with Gasteiger partial charge in [0.2, 0.25) is 0 Å². The molecule has 0 aliphatic heterocycles. The van der Waals surface area contributed by atoms with Crippen molar-refractivity contribution in [2.24, 2.45) is 5.92 Å². The highest BCUT2D eigenvalue weighted by atomic mass is 127. The molecule has 0 spiro atoms. The predicted octanol–water partition coefficient (Wildman–Crippen LogP) is 3.15. The standard InChI is InChI=1S/C16H21IO4/c1-2-20-15(18)12-7-9-16(19,10-8-12)11-21-14-6-4-3-5-13(14)17/h3-6,12,19H,2,7-11H2,1H3. The van der Waals surface area contributed by atoms with Gasteiger partial charge in [0.05, 0.1) is 21.7 Å².